The molecule has 0 fully saturated rings. The van der Waals surface area contributed by atoms with Crippen molar-refractivity contribution in [1.29, 1.82) is 0 Å². The Bertz CT molecular complexity index is 1050. The molecule has 0 spiro atoms. The molecule has 0 saturated heterocycles. The molecule has 1 aliphatic heterocycles. The molecule has 0 aromatic heterocycles. The SMILES string of the molecule is Cc1ccc2c(c1)Oc1ccc(C)cc1N2c1c(C)cc(C(C)(C)C)cc1C. The fourth-order valence-corrected chi connectivity index (χ4v) is 4.01. The molecule has 0 bridgehead atoms. The molecule has 0 amide bonds. The summed E-state index contributed by atoms with van der Waals surface area (Å²) in [6.07, 6.45) is 0. The summed E-state index contributed by atoms with van der Waals surface area (Å²) in [7, 11) is 0. The lowest BCUT2D eigenvalue weighted by Gasteiger charge is -2.36. The van der Waals surface area contributed by atoms with Crippen LogP contribution in [0.3, 0.4) is 0 Å². The molecule has 0 aliphatic carbocycles. The highest BCUT2D eigenvalue weighted by atomic mass is 16.5. The fourth-order valence-electron chi connectivity index (χ4n) is 4.01. The molecule has 1 heterocycles. The number of benzene rings is 3. The summed E-state index contributed by atoms with van der Waals surface area (Å²) >= 11 is 0. The van der Waals surface area contributed by atoms with Gasteiger partial charge in [-0.05, 0) is 85.2 Å². The molecule has 3 aromatic rings. The zero-order chi connectivity index (χ0) is 20.2. The summed E-state index contributed by atoms with van der Waals surface area (Å²) in [6, 6.07) is 17.5. The van der Waals surface area contributed by atoms with Gasteiger partial charge in [0.25, 0.3) is 0 Å². The van der Waals surface area contributed by atoms with Crippen molar-refractivity contribution < 1.29 is 4.74 Å². The van der Waals surface area contributed by atoms with E-state index in [9.17, 15) is 0 Å². The standard InChI is InChI=1S/C26H29NO/c1-16-9-11-23-22(12-16)27(21-10-8-17(2)13-24(21)28-23)25-18(3)14-20(15-19(25)4)26(5,6)7/h8-15H,1-7H3. The first-order valence-corrected chi connectivity index (χ1v) is 9.96. The summed E-state index contributed by atoms with van der Waals surface area (Å²) in [6.45, 7) is 15.5. The van der Waals surface area contributed by atoms with Gasteiger partial charge < -0.3 is 9.64 Å². The van der Waals surface area contributed by atoms with E-state index in [0.717, 1.165) is 22.9 Å². The zero-order valence-corrected chi connectivity index (χ0v) is 18.0. The lowest BCUT2D eigenvalue weighted by Crippen LogP contribution is -2.19. The van der Waals surface area contributed by atoms with E-state index < -0.39 is 0 Å². The maximum atomic E-state index is 6.28. The molecular formula is C26H29NO. The third kappa shape index (κ3) is 3.07. The molecule has 28 heavy (non-hydrogen) atoms. The molecule has 0 radical (unpaired) electrons. The van der Waals surface area contributed by atoms with Crippen LogP contribution in [0.25, 0.3) is 0 Å². The largest absolute Gasteiger partial charge is 0.453 e. The Morgan fingerprint density at radius 3 is 1.93 bits per heavy atom. The maximum Gasteiger partial charge on any atom is 0.151 e. The number of fused-ring (bicyclic) bond motifs is 2. The zero-order valence-electron chi connectivity index (χ0n) is 18.0. The van der Waals surface area contributed by atoms with Crippen molar-refractivity contribution in [3.05, 3.63) is 76.3 Å². The van der Waals surface area contributed by atoms with Crippen LogP contribution in [0, 0.1) is 27.7 Å². The number of hydrogen-bond donors (Lipinski definition) is 0. The molecule has 4 rings (SSSR count). The van der Waals surface area contributed by atoms with Gasteiger partial charge in [0.2, 0.25) is 0 Å². The van der Waals surface area contributed by atoms with Crippen LogP contribution in [0.1, 0.15) is 48.6 Å². The molecule has 0 atom stereocenters. The number of aryl methyl sites for hydroxylation is 4. The highest BCUT2D eigenvalue weighted by Gasteiger charge is 2.29. The van der Waals surface area contributed by atoms with Gasteiger partial charge in [0.15, 0.2) is 11.5 Å². The summed E-state index contributed by atoms with van der Waals surface area (Å²) in [5.41, 5.74) is 9.93. The van der Waals surface area contributed by atoms with Crippen LogP contribution in [-0.4, -0.2) is 0 Å². The van der Waals surface area contributed by atoms with Crippen LogP contribution < -0.4 is 9.64 Å². The van der Waals surface area contributed by atoms with Crippen LogP contribution in [-0.2, 0) is 5.41 Å². The summed E-state index contributed by atoms with van der Waals surface area (Å²) < 4.78 is 6.28. The predicted molar refractivity (Wildman–Crippen MR) is 119 cm³/mol. The van der Waals surface area contributed by atoms with Crippen LogP contribution in [0.2, 0.25) is 0 Å². The Balaban J connectivity index is 1.99. The minimum atomic E-state index is 0.128. The second kappa shape index (κ2) is 6.41. The molecule has 1 aliphatic rings. The van der Waals surface area contributed by atoms with Crippen molar-refractivity contribution in [1.82, 2.24) is 0 Å². The van der Waals surface area contributed by atoms with E-state index >= 15 is 0 Å². The minimum Gasteiger partial charge on any atom is -0.453 e. The van der Waals surface area contributed by atoms with Crippen molar-refractivity contribution in [2.75, 3.05) is 4.90 Å². The van der Waals surface area contributed by atoms with E-state index in [2.05, 4.69) is 102 Å². The smallest absolute Gasteiger partial charge is 0.151 e. The van der Waals surface area contributed by atoms with E-state index in [4.69, 9.17) is 4.74 Å². The number of hydrogen-bond acceptors (Lipinski definition) is 2. The normalized spacial score (nSPS) is 13.0. The van der Waals surface area contributed by atoms with Gasteiger partial charge in [-0.2, -0.15) is 0 Å². The molecule has 2 heteroatoms. The molecule has 0 saturated carbocycles. The van der Waals surface area contributed by atoms with Crippen molar-refractivity contribution in [3.63, 3.8) is 0 Å². The fraction of sp³-hybridized carbons (Fsp3) is 0.308. The number of ether oxygens (including phenoxy) is 1. The minimum absolute atomic E-state index is 0.128. The summed E-state index contributed by atoms with van der Waals surface area (Å²) in [4.78, 5) is 2.37. The lowest BCUT2D eigenvalue weighted by molar-refractivity contribution is 0.476. The van der Waals surface area contributed by atoms with Gasteiger partial charge in [-0.25, -0.2) is 0 Å². The maximum absolute atomic E-state index is 6.28. The van der Waals surface area contributed by atoms with Crippen molar-refractivity contribution in [3.8, 4) is 11.5 Å². The van der Waals surface area contributed by atoms with E-state index in [-0.39, 0.29) is 5.41 Å². The van der Waals surface area contributed by atoms with Gasteiger partial charge in [-0.15, -0.1) is 0 Å². The van der Waals surface area contributed by atoms with Gasteiger partial charge in [0, 0.05) is 0 Å². The van der Waals surface area contributed by atoms with Crippen molar-refractivity contribution in [2.24, 2.45) is 0 Å². The van der Waals surface area contributed by atoms with Crippen LogP contribution in [0.15, 0.2) is 48.5 Å². The van der Waals surface area contributed by atoms with Crippen LogP contribution in [0.4, 0.5) is 17.1 Å². The Hall–Kier alpha value is -2.74. The molecule has 3 aromatic carbocycles. The van der Waals surface area contributed by atoms with E-state index in [1.165, 1.54) is 33.5 Å². The van der Waals surface area contributed by atoms with E-state index in [1.54, 1.807) is 0 Å². The number of rotatable bonds is 1. The second-order valence-electron chi connectivity index (χ2n) is 9.09. The molecule has 2 nitrogen and oxygen atoms in total. The third-order valence-electron chi connectivity index (χ3n) is 5.51. The third-order valence-corrected chi connectivity index (χ3v) is 5.51. The predicted octanol–water partition coefficient (Wildman–Crippen LogP) is 7.79. The average molecular weight is 372 g/mol. The second-order valence-corrected chi connectivity index (χ2v) is 9.09. The number of anilines is 3. The number of nitrogens with zero attached hydrogens (tertiary/aromatic N) is 1. The molecular weight excluding hydrogens is 342 g/mol. The molecule has 0 unspecified atom stereocenters. The first kappa shape index (κ1) is 18.6. The highest BCUT2D eigenvalue weighted by molar-refractivity contribution is 5.89. The monoisotopic (exact) mass is 371 g/mol. The quantitative estimate of drug-likeness (QED) is 0.338. The van der Waals surface area contributed by atoms with E-state index in [0.29, 0.717) is 0 Å². The van der Waals surface area contributed by atoms with E-state index in [1.807, 2.05) is 0 Å². The first-order valence-electron chi connectivity index (χ1n) is 9.96. The van der Waals surface area contributed by atoms with Gasteiger partial charge in [0.1, 0.15) is 0 Å². The van der Waals surface area contributed by atoms with Crippen LogP contribution >= 0.6 is 0 Å². The molecule has 0 N–H and O–H groups in total. The van der Waals surface area contributed by atoms with Gasteiger partial charge in [0.05, 0.1) is 17.1 Å². The van der Waals surface area contributed by atoms with Gasteiger partial charge in [-0.1, -0.05) is 45.0 Å². The van der Waals surface area contributed by atoms with Gasteiger partial charge >= 0.3 is 0 Å². The van der Waals surface area contributed by atoms with Gasteiger partial charge in [-0.3, -0.25) is 0 Å². The Morgan fingerprint density at radius 2 is 1.29 bits per heavy atom. The van der Waals surface area contributed by atoms with Crippen LogP contribution in [0.5, 0.6) is 11.5 Å². The first-order chi connectivity index (χ1) is 13.1. The lowest BCUT2D eigenvalue weighted by atomic mass is 9.84. The summed E-state index contributed by atoms with van der Waals surface area (Å²) in [5, 5.41) is 0. The Morgan fingerprint density at radius 1 is 0.679 bits per heavy atom. The Kier molecular flexibility index (Phi) is 4.26. The topological polar surface area (TPSA) is 12.5 Å². The van der Waals surface area contributed by atoms with Crippen molar-refractivity contribution in [2.45, 2.75) is 53.9 Å². The molecule has 144 valence electrons. The average Bonchev–Trinajstić information content (AvgIpc) is 2.60. The highest BCUT2D eigenvalue weighted by Crippen LogP contribution is 2.52. The van der Waals surface area contributed by atoms with Crippen molar-refractivity contribution >= 4 is 17.1 Å². The summed E-state index contributed by atoms with van der Waals surface area (Å²) in [5.74, 6) is 1.82. The Labute approximate surface area is 168 Å².